The van der Waals surface area contributed by atoms with Crippen molar-refractivity contribution in [2.45, 2.75) is 12.6 Å². The summed E-state index contributed by atoms with van der Waals surface area (Å²) < 4.78 is 9.22. The van der Waals surface area contributed by atoms with Crippen LogP contribution in [0.15, 0.2) is 33.9 Å². The van der Waals surface area contributed by atoms with Gasteiger partial charge in [0.05, 0.1) is 26.4 Å². The minimum Gasteiger partial charge on any atom is -0.497 e. The predicted molar refractivity (Wildman–Crippen MR) is 104 cm³/mol. The molecule has 0 saturated carbocycles. The molecule has 0 amide bonds. The molecule has 0 spiro atoms. The van der Waals surface area contributed by atoms with Gasteiger partial charge in [0.25, 0.3) is 5.56 Å². The lowest BCUT2D eigenvalue weighted by Crippen LogP contribution is -2.37. The lowest BCUT2D eigenvalue weighted by atomic mass is 10.2. The number of aromatic nitrogens is 4. The number of nitrogens with zero attached hydrogens (tertiary/aromatic N) is 4. The Morgan fingerprint density at radius 3 is 2.68 bits per heavy atom. The molecule has 1 unspecified atom stereocenters. The van der Waals surface area contributed by atoms with Crippen molar-refractivity contribution in [3.8, 4) is 5.75 Å². The molecule has 2 aromatic heterocycles. The number of benzene rings is 1. The van der Waals surface area contributed by atoms with E-state index in [9.17, 15) is 14.7 Å². The number of nitrogens with one attached hydrogen (secondary N) is 1. The van der Waals surface area contributed by atoms with Gasteiger partial charge in [-0.3, -0.25) is 18.5 Å². The smallest absolute Gasteiger partial charge is 0.332 e. The number of anilines is 1. The number of aryl methyl sites for hydroxylation is 1. The highest BCUT2D eigenvalue weighted by atomic mass is 16.5. The molecule has 28 heavy (non-hydrogen) atoms. The number of hydrogen-bond donors (Lipinski definition) is 3. The quantitative estimate of drug-likeness (QED) is 0.486. The number of hydrogen-bond acceptors (Lipinski definition) is 7. The van der Waals surface area contributed by atoms with E-state index in [1.54, 1.807) is 18.7 Å². The maximum atomic E-state index is 12.8. The number of rotatable bonds is 7. The van der Waals surface area contributed by atoms with Crippen LogP contribution in [0.1, 0.15) is 5.56 Å². The standard InChI is InChI=1S/C18H23N5O5/c1-21-15-14(16(26)22(2)18(21)27)23(17(20-15)19-8-12(25)10-24)9-11-5-4-6-13(7-11)28-3/h4-7,12,24-25H,8-10H2,1-3H3,(H,19,20). The molecule has 0 aliphatic rings. The van der Waals surface area contributed by atoms with Gasteiger partial charge in [-0.25, -0.2) is 4.79 Å². The number of methoxy groups -OCH3 is 1. The molecule has 10 heteroatoms. The lowest BCUT2D eigenvalue weighted by Gasteiger charge is -2.13. The number of aliphatic hydroxyl groups excluding tert-OH is 2. The fourth-order valence-electron chi connectivity index (χ4n) is 2.96. The first-order chi connectivity index (χ1) is 13.4. The van der Waals surface area contributed by atoms with Crippen molar-refractivity contribution in [3.05, 3.63) is 50.7 Å². The molecule has 10 nitrogen and oxygen atoms in total. The van der Waals surface area contributed by atoms with Crippen molar-refractivity contribution >= 4 is 17.1 Å². The fraction of sp³-hybridized carbons (Fsp3) is 0.389. The zero-order chi connectivity index (χ0) is 20.4. The summed E-state index contributed by atoms with van der Waals surface area (Å²) in [4.78, 5) is 29.4. The maximum Gasteiger partial charge on any atom is 0.332 e. The van der Waals surface area contributed by atoms with Crippen LogP contribution in [0.4, 0.5) is 5.95 Å². The Labute approximate surface area is 160 Å². The summed E-state index contributed by atoms with van der Waals surface area (Å²) in [6.45, 7) is -0.0890. The monoisotopic (exact) mass is 389 g/mol. The number of fused-ring (bicyclic) bond motifs is 1. The van der Waals surface area contributed by atoms with Crippen LogP contribution in [0.5, 0.6) is 5.75 Å². The Morgan fingerprint density at radius 1 is 1.25 bits per heavy atom. The maximum absolute atomic E-state index is 12.8. The summed E-state index contributed by atoms with van der Waals surface area (Å²) >= 11 is 0. The third kappa shape index (κ3) is 3.51. The van der Waals surface area contributed by atoms with E-state index < -0.39 is 24.0 Å². The summed E-state index contributed by atoms with van der Waals surface area (Å²) in [5.41, 5.74) is 0.403. The number of aliphatic hydroxyl groups is 2. The first-order valence-electron chi connectivity index (χ1n) is 8.69. The zero-order valence-electron chi connectivity index (χ0n) is 15.9. The van der Waals surface area contributed by atoms with Crippen molar-refractivity contribution in [1.29, 1.82) is 0 Å². The summed E-state index contributed by atoms with van der Waals surface area (Å²) in [5.74, 6) is 0.982. The van der Waals surface area contributed by atoms with E-state index in [4.69, 9.17) is 9.84 Å². The van der Waals surface area contributed by atoms with Crippen LogP contribution >= 0.6 is 0 Å². The van der Waals surface area contributed by atoms with Gasteiger partial charge in [0, 0.05) is 20.6 Å². The van der Waals surface area contributed by atoms with E-state index in [0.717, 1.165) is 10.1 Å². The lowest BCUT2D eigenvalue weighted by molar-refractivity contribution is 0.105. The van der Waals surface area contributed by atoms with Crippen LogP contribution in [0.2, 0.25) is 0 Å². The van der Waals surface area contributed by atoms with Gasteiger partial charge in [-0.05, 0) is 17.7 Å². The van der Waals surface area contributed by atoms with E-state index >= 15 is 0 Å². The first kappa shape index (κ1) is 19.6. The molecule has 1 aromatic carbocycles. The van der Waals surface area contributed by atoms with E-state index in [1.165, 1.54) is 11.6 Å². The highest BCUT2D eigenvalue weighted by Gasteiger charge is 2.20. The summed E-state index contributed by atoms with van der Waals surface area (Å²) in [5, 5.41) is 21.6. The average Bonchev–Trinajstić information content (AvgIpc) is 3.07. The van der Waals surface area contributed by atoms with E-state index in [-0.39, 0.29) is 17.7 Å². The largest absolute Gasteiger partial charge is 0.497 e. The molecular formula is C18H23N5O5. The Kier molecular flexibility index (Phi) is 5.52. The molecule has 0 saturated heterocycles. The van der Waals surface area contributed by atoms with E-state index in [0.29, 0.717) is 18.2 Å². The Hall–Kier alpha value is -3.11. The van der Waals surface area contributed by atoms with Gasteiger partial charge < -0.3 is 20.3 Å². The molecule has 0 aliphatic carbocycles. The first-order valence-corrected chi connectivity index (χ1v) is 8.69. The number of ether oxygens (including phenoxy) is 1. The van der Waals surface area contributed by atoms with Gasteiger partial charge in [0.1, 0.15) is 5.75 Å². The van der Waals surface area contributed by atoms with Crippen molar-refractivity contribution in [2.75, 3.05) is 25.6 Å². The average molecular weight is 389 g/mol. The van der Waals surface area contributed by atoms with Crippen LogP contribution in [-0.4, -0.2) is 55.3 Å². The summed E-state index contributed by atoms with van der Waals surface area (Å²) in [6.07, 6.45) is -0.989. The Morgan fingerprint density at radius 2 is 2.00 bits per heavy atom. The van der Waals surface area contributed by atoms with Crippen LogP contribution in [0.25, 0.3) is 11.2 Å². The summed E-state index contributed by atoms with van der Waals surface area (Å²) in [6, 6.07) is 7.37. The molecule has 1 atom stereocenters. The van der Waals surface area contributed by atoms with E-state index in [1.807, 2.05) is 24.3 Å². The van der Waals surface area contributed by atoms with Crippen molar-refractivity contribution < 1.29 is 14.9 Å². The molecule has 0 radical (unpaired) electrons. The molecule has 3 aromatic rings. The zero-order valence-corrected chi connectivity index (χ0v) is 15.9. The van der Waals surface area contributed by atoms with Gasteiger partial charge in [0.2, 0.25) is 5.95 Å². The molecular weight excluding hydrogens is 366 g/mol. The fourth-order valence-corrected chi connectivity index (χ4v) is 2.96. The molecule has 2 heterocycles. The highest BCUT2D eigenvalue weighted by Crippen LogP contribution is 2.20. The Bertz CT molecular complexity index is 1110. The molecule has 3 rings (SSSR count). The van der Waals surface area contributed by atoms with Crippen LogP contribution in [-0.2, 0) is 20.6 Å². The van der Waals surface area contributed by atoms with Gasteiger partial charge in [0.15, 0.2) is 11.2 Å². The van der Waals surface area contributed by atoms with Crippen LogP contribution in [0.3, 0.4) is 0 Å². The number of imidazole rings is 1. The SMILES string of the molecule is COc1cccc(Cn2c(NCC(O)CO)nc3c2c(=O)n(C)c(=O)n3C)c1. The van der Waals surface area contributed by atoms with Crippen LogP contribution < -0.4 is 21.3 Å². The highest BCUT2D eigenvalue weighted by molar-refractivity contribution is 5.74. The van der Waals surface area contributed by atoms with Crippen LogP contribution in [0, 0.1) is 0 Å². The van der Waals surface area contributed by atoms with Crippen molar-refractivity contribution in [2.24, 2.45) is 14.1 Å². The second kappa shape index (κ2) is 7.87. The topological polar surface area (TPSA) is 124 Å². The summed E-state index contributed by atoms with van der Waals surface area (Å²) in [7, 11) is 4.52. The molecule has 0 aliphatic heterocycles. The van der Waals surface area contributed by atoms with Gasteiger partial charge >= 0.3 is 5.69 Å². The minimum absolute atomic E-state index is 0.0339. The van der Waals surface area contributed by atoms with Gasteiger partial charge in [-0.2, -0.15) is 4.98 Å². The second-order valence-electron chi connectivity index (χ2n) is 6.47. The normalized spacial score (nSPS) is 12.3. The minimum atomic E-state index is -0.989. The third-order valence-electron chi connectivity index (χ3n) is 4.53. The van der Waals surface area contributed by atoms with Crippen molar-refractivity contribution in [1.82, 2.24) is 18.7 Å². The second-order valence-corrected chi connectivity index (χ2v) is 6.47. The molecule has 0 fully saturated rings. The van der Waals surface area contributed by atoms with Gasteiger partial charge in [-0.15, -0.1) is 0 Å². The van der Waals surface area contributed by atoms with E-state index in [2.05, 4.69) is 10.3 Å². The third-order valence-corrected chi connectivity index (χ3v) is 4.53. The van der Waals surface area contributed by atoms with Crippen molar-refractivity contribution in [3.63, 3.8) is 0 Å². The molecule has 150 valence electrons. The Balaban J connectivity index is 2.18. The molecule has 0 bridgehead atoms. The predicted octanol–water partition coefficient (Wildman–Crippen LogP) is -0.744. The molecule has 3 N–H and O–H groups in total. The van der Waals surface area contributed by atoms with Gasteiger partial charge in [-0.1, -0.05) is 12.1 Å².